The molecule has 0 bridgehead atoms. The molecule has 2 aromatic rings. The van der Waals surface area contributed by atoms with Gasteiger partial charge >= 0.3 is 0 Å². The number of rotatable bonds is 5. The molecule has 0 unspecified atom stereocenters. The highest BCUT2D eigenvalue weighted by atomic mass is 35.5. The Hall–Kier alpha value is -2.44. The summed E-state index contributed by atoms with van der Waals surface area (Å²) in [6.07, 6.45) is 0.357. The maximum atomic E-state index is 13.5. The van der Waals surface area contributed by atoms with E-state index in [1.54, 1.807) is 17.0 Å². The molecule has 172 valence electrons. The smallest absolute Gasteiger partial charge is 0.252 e. The van der Waals surface area contributed by atoms with Gasteiger partial charge in [-0.2, -0.15) is 0 Å². The highest BCUT2D eigenvalue weighted by Crippen LogP contribution is 2.46. The summed E-state index contributed by atoms with van der Waals surface area (Å²) in [5.41, 5.74) is -0.826. The fourth-order valence-electron chi connectivity index (χ4n) is 4.34. The van der Waals surface area contributed by atoms with Gasteiger partial charge in [-0.3, -0.25) is 9.59 Å². The number of hydrogen-bond donors (Lipinski definition) is 2. The lowest BCUT2D eigenvalue weighted by molar-refractivity contribution is -0.155. The van der Waals surface area contributed by atoms with Gasteiger partial charge in [-0.15, -0.1) is 0 Å². The molecule has 1 heterocycles. The van der Waals surface area contributed by atoms with Crippen LogP contribution in [0.4, 0.5) is 4.39 Å². The number of carbonyl (C=O) groups excluding carboxylic acids is 2. The van der Waals surface area contributed by atoms with E-state index in [1.165, 1.54) is 18.2 Å². The van der Waals surface area contributed by atoms with Crippen molar-refractivity contribution in [3.05, 3.63) is 70.5 Å². The number of carbonyl (C=O) groups is 2. The van der Waals surface area contributed by atoms with Gasteiger partial charge < -0.3 is 15.3 Å². The first-order valence-corrected chi connectivity index (χ1v) is 11.2. The first-order valence-electron chi connectivity index (χ1n) is 10.8. The van der Waals surface area contributed by atoms with E-state index in [4.69, 9.17) is 11.6 Å². The largest absolute Gasteiger partial charge is 0.384 e. The third kappa shape index (κ3) is 4.81. The molecule has 2 N–H and O–H groups in total. The minimum atomic E-state index is -1.12. The number of halogens is 2. The molecule has 1 fully saturated rings. The van der Waals surface area contributed by atoms with Crippen LogP contribution in [0.15, 0.2) is 48.5 Å². The lowest BCUT2D eigenvalue weighted by Crippen LogP contribution is -2.60. The van der Waals surface area contributed by atoms with Gasteiger partial charge in [-0.25, -0.2) is 4.39 Å². The molecule has 3 rings (SSSR count). The normalized spacial score (nSPS) is 21.3. The summed E-state index contributed by atoms with van der Waals surface area (Å²) < 4.78 is 13.5. The zero-order valence-electron chi connectivity index (χ0n) is 18.9. The standard InChI is InChI=1S/C25H30ClFN2O3/c1-16(2)21(28-22(30)17-6-5-7-20(27)14-17)23(31)29-13-12-25(32,24(3,4)15-29)18-8-10-19(26)11-9-18/h5-11,14,16,21,32H,12-13,15H2,1-4H3,(H,28,30)/t21-,25+/m1/s1. The topological polar surface area (TPSA) is 69.6 Å². The highest BCUT2D eigenvalue weighted by Gasteiger charge is 2.50. The Kier molecular flexibility index (Phi) is 6.96. The Bertz CT molecular complexity index is 993. The molecule has 7 heteroatoms. The van der Waals surface area contributed by atoms with Crippen molar-refractivity contribution in [1.82, 2.24) is 10.2 Å². The molecule has 1 aliphatic heterocycles. The summed E-state index contributed by atoms with van der Waals surface area (Å²) >= 11 is 6.00. The lowest BCUT2D eigenvalue weighted by Gasteiger charge is -2.51. The fourth-order valence-corrected chi connectivity index (χ4v) is 4.46. The maximum absolute atomic E-state index is 13.5. The van der Waals surface area contributed by atoms with Crippen molar-refractivity contribution in [3.8, 4) is 0 Å². The van der Waals surface area contributed by atoms with Crippen LogP contribution in [-0.2, 0) is 10.4 Å². The minimum Gasteiger partial charge on any atom is -0.384 e. The second-order valence-corrected chi connectivity index (χ2v) is 9.90. The SMILES string of the molecule is CC(C)[C@@H](NC(=O)c1cccc(F)c1)C(=O)N1CC[C@](O)(c2ccc(Cl)cc2)C(C)(C)C1. The van der Waals surface area contributed by atoms with Crippen molar-refractivity contribution in [2.45, 2.75) is 45.8 Å². The number of aliphatic hydroxyl groups is 1. The predicted molar refractivity (Wildman–Crippen MR) is 123 cm³/mol. The van der Waals surface area contributed by atoms with Crippen LogP contribution in [0.2, 0.25) is 5.02 Å². The summed E-state index contributed by atoms with van der Waals surface area (Å²) in [5.74, 6) is -1.38. The molecule has 2 aromatic carbocycles. The van der Waals surface area contributed by atoms with Crippen LogP contribution in [0.3, 0.4) is 0 Å². The van der Waals surface area contributed by atoms with Gasteiger partial charge in [0.25, 0.3) is 5.91 Å². The van der Waals surface area contributed by atoms with Crippen LogP contribution in [0.5, 0.6) is 0 Å². The Labute approximate surface area is 193 Å². The van der Waals surface area contributed by atoms with Crippen molar-refractivity contribution >= 4 is 23.4 Å². The second kappa shape index (κ2) is 9.20. The van der Waals surface area contributed by atoms with Crippen LogP contribution >= 0.6 is 11.6 Å². The van der Waals surface area contributed by atoms with Gasteiger partial charge in [0, 0.05) is 29.1 Å². The molecule has 2 amide bonds. The Morgan fingerprint density at radius 3 is 2.38 bits per heavy atom. The van der Waals surface area contributed by atoms with Crippen LogP contribution in [0, 0.1) is 17.2 Å². The number of nitrogens with one attached hydrogen (secondary N) is 1. The number of benzene rings is 2. The molecular weight excluding hydrogens is 431 g/mol. The molecule has 1 aliphatic rings. The predicted octanol–water partition coefficient (Wildman–Crippen LogP) is 4.38. The molecule has 0 saturated carbocycles. The molecule has 0 aromatic heterocycles. The van der Waals surface area contributed by atoms with Crippen molar-refractivity contribution in [1.29, 1.82) is 0 Å². The zero-order valence-corrected chi connectivity index (χ0v) is 19.6. The molecule has 32 heavy (non-hydrogen) atoms. The van der Waals surface area contributed by atoms with Crippen molar-refractivity contribution in [2.24, 2.45) is 11.3 Å². The van der Waals surface area contributed by atoms with Gasteiger partial charge in [0.1, 0.15) is 11.9 Å². The Morgan fingerprint density at radius 1 is 1.16 bits per heavy atom. The van der Waals surface area contributed by atoms with E-state index in [-0.39, 0.29) is 17.4 Å². The molecule has 0 spiro atoms. The average Bonchev–Trinajstić information content (AvgIpc) is 2.73. The third-order valence-corrected chi connectivity index (χ3v) is 6.64. The third-order valence-electron chi connectivity index (χ3n) is 6.39. The van der Waals surface area contributed by atoms with Crippen molar-refractivity contribution in [2.75, 3.05) is 13.1 Å². The number of hydrogen-bond acceptors (Lipinski definition) is 3. The van der Waals surface area contributed by atoms with Gasteiger partial charge in [0.05, 0.1) is 5.60 Å². The van der Waals surface area contributed by atoms with E-state index in [0.29, 0.717) is 24.5 Å². The van der Waals surface area contributed by atoms with Gasteiger partial charge in [-0.05, 0) is 48.2 Å². The summed E-state index contributed by atoms with van der Waals surface area (Å²) in [7, 11) is 0. The summed E-state index contributed by atoms with van der Waals surface area (Å²) in [6, 6.07) is 11.8. The van der Waals surface area contributed by atoms with E-state index < -0.39 is 28.8 Å². The van der Waals surface area contributed by atoms with E-state index in [1.807, 2.05) is 39.8 Å². The summed E-state index contributed by atoms with van der Waals surface area (Å²) in [6.45, 7) is 8.24. The molecule has 5 nitrogen and oxygen atoms in total. The quantitative estimate of drug-likeness (QED) is 0.695. The number of likely N-dealkylation sites (tertiary alicyclic amines) is 1. The molecule has 1 saturated heterocycles. The van der Waals surface area contributed by atoms with Crippen LogP contribution < -0.4 is 5.32 Å². The van der Waals surface area contributed by atoms with Crippen LogP contribution in [0.1, 0.15) is 50.0 Å². The maximum Gasteiger partial charge on any atom is 0.252 e. The fraction of sp³-hybridized carbons (Fsp3) is 0.440. The summed E-state index contributed by atoms with van der Waals surface area (Å²) in [5, 5.41) is 14.9. The molecule has 2 atom stereocenters. The first-order chi connectivity index (χ1) is 14.9. The molecule has 0 radical (unpaired) electrons. The summed E-state index contributed by atoms with van der Waals surface area (Å²) in [4.78, 5) is 27.7. The zero-order chi connectivity index (χ0) is 23.7. The monoisotopic (exact) mass is 460 g/mol. The molecular formula is C25H30ClFN2O3. The Morgan fingerprint density at radius 2 is 1.81 bits per heavy atom. The number of amides is 2. The first kappa shape index (κ1) is 24.2. The van der Waals surface area contributed by atoms with E-state index in [9.17, 15) is 19.1 Å². The van der Waals surface area contributed by atoms with Crippen LogP contribution in [-0.4, -0.2) is 41.0 Å². The average molecular weight is 461 g/mol. The Balaban J connectivity index is 1.77. The van der Waals surface area contributed by atoms with Gasteiger partial charge in [0.2, 0.25) is 5.91 Å². The lowest BCUT2D eigenvalue weighted by atomic mass is 9.66. The van der Waals surface area contributed by atoms with Crippen molar-refractivity contribution < 1.29 is 19.1 Å². The minimum absolute atomic E-state index is 0.166. The number of nitrogens with zero attached hydrogens (tertiary/aromatic N) is 1. The second-order valence-electron chi connectivity index (χ2n) is 9.47. The number of piperidine rings is 1. The molecule has 0 aliphatic carbocycles. The van der Waals surface area contributed by atoms with Crippen LogP contribution in [0.25, 0.3) is 0 Å². The van der Waals surface area contributed by atoms with E-state index in [0.717, 1.165) is 11.6 Å². The van der Waals surface area contributed by atoms with Gasteiger partial charge in [0.15, 0.2) is 0 Å². The van der Waals surface area contributed by atoms with E-state index in [2.05, 4.69) is 5.32 Å². The van der Waals surface area contributed by atoms with Gasteiger partial charge in [-0.1, -0.05) is 57.5 Å². The van der Waals surface area contributed by atoms with Crippen molar-refractivity contribution in [3.63, 3.8) is 0 Å². The highest BCUT2D eigenvalue weighted by molar-refractivity contribution is 6.30. The van der Waals surface area contributed by atoms with E-state index >= 15 is 0 Å².